The summed E-state index contributed by atoms with van der Waals surface area (Å²) in [6, 6.07) is 0.811. The lowest BCUT2D eigenvalue weighted by Crippen LogP contribution is -2.46. The SMILES string of the molecule is CCCC1CNCCC1N(C)C. The molecule has 72 valence electrons. The zero-order valence-corrected chi connectivity index (χ0v) is 8.64. The van der Waals surface area contributed by atoms with E-state index in [1.165, 1.54) is 32.4 Å². The molecule has 0 spiro atoms. The van der Waals surface area contributed by atoms with Crippen LogP contribution in [0.1, 0.15) is 26.2 Å². The lowest BCUT2D eigenvalue weighted by molar-refractivity contribution is 0.159. The predicted molar refractivity (Wildman–Crippen MR) is 53.4 cm³/mol. The summed E-state index contributed by atoms with van der Waals surface area (Å²) in [7, 11) is 4.41. The maximum atomic E-state index is 3.48. The van der Waals surface area contributed by atoms with Crippen LogP contribution in [0.2, 0.25) is 0 Å². The summed E-state index contributed by atoms with van der Waals surface area (Å²) in [4.78, 5) is 2.39. The summed E-state index contributed by atoms with van der Waals surface area (Å²) in [5.41, 5.74) is 0. The standard InChI is InChI=1S/C10H22N2/c1-4-5-9-8-11-7-6-10(9)12(2)3/h9-11H,4-8H2,1-3H3. The highest BCUT2D eigenvalue weighted by molar-refractivity contribution is 4.82. The average molecular weight is 170 g/mol. The maximum Gasteiger partial charge on any atom is 0.0142 e. The minimum absolute atomic E-state index is 0.811. The van der Waals surface area contributed by atoms with E-state index >= 15 is 0 Å². The van der Waals surface area contributed by atoms with Crippen LogP contribution in [0.4, 0.5) is 0 Å². The fourth-order valence-electron chi connectivity index (χ4n) is 2.25. The molecule has 2 unspecified atom stereocenters. The van der Waals surface area contributed by atoms with E-state index in [4.69, 9.17) is 0 Å². The third-order valence-electron chi connectivity index (χ3n) is 2.89. The Morgan fingerprint density at radius 2 is 2.17 bits per heavy atom. The van der Waals surface area contributed by atoms with Gasteiger partial charge < -0.3 is 10.2 Å². The molecule has 1 aliphatic rings. The Morgan fingerprint density at radius 1 is 1.42 bits per heavy atom. The van der Waals surface area contributed by atoms with Crippen molar-refractivity contribution in [2.75, 3.05) is 27.2 Å². The summed E-state index contributed by atoms with van der Waals surface area (Å²) >= 11 is 0. The molecule has 1 N–H and O–H groups in total. The van der Waals surface area contributed by atoms with Crippen LogP contribution < -0.4 is 5.32 Å². The summed E-state index contributed by atoms with van der Waals surface area (Å²) in [5.74, 6) is 0.874. The molecule has 0 bridgehead atoms. The molecule has 1 rings (SSSR count). The van der Waals surface area contributed by atoms with Crippen LogP contribution in [-0.4, -0.2) is 38.1 Å². The molecular weight excluding hydrogens is 148 g/mol. The molecule has 0 aliphatic carbocycles. The zero-order chi connectivity index (χ0) is 8.97. The van der Waals surface area contributed by atoms with Gasteiger partial charge in [-0.3, -0.25) is 0 Å². The van der Waals surface area contributed by atoms with Crippen molar-refractivity contribution >= 4 is 0 Å². The van der Waals surface area contributed by atoms with Crippen LogP contribution in [-0.2, 0) is 0 Å². The third-order valence-corrected chi connectivity index (χ3v) is 2.89. The van der Waals surface area contributed by atoms with E-state index in [-0.39, 0.29) is 0 Å². The van der Waals surface area contributed by atoms with Crippen LogP contribution in [0.25, 0.3) is 0 Å². The lowest BCUT2D eigenvalue weighted by Gasteiger charge is -2.36. The number of nitrogens with one attached hydrogen (secondary N) is 1. The highest BCUT2D eigenvalue weighted by Gasteiger charge is 2.25. The van der Waals surface area contributed by atoms with Crippen molar-refractivity contribution in [1.29, 1.82) is 0 Å². The number of nitrogens with zero attached hydrogens (tertiary/aromatic N) is 1. The van der Waals surface area contributed by atoms with E-state index in [0.29, 0.717) is 0 Å². The van der Waals surface area contributed by atoms with Crippen LogP contribution in [0, 0.1) is 5.92 Å². The molecule has 0 aromatic carbocycles. The quantitative estimate of drug-likeness (QED) is 0.687. The summed E-state index contributed by atoms with van der Waals surface area (Å²) in [5, 5.41) is 3.48. The minimum atomic E-state index is 0.811. The minimum Gasteiger partial charge on any atom is -0.316 e. The highest BCUT2D eigenvalue weighted by Crippen LogP contribution is 2.20. The van der Waals surface area contributed by atoms with Crippen molar-refractivity contribution in [3.8, 4) is 0 Å². The van der Waals surface area contributed by atoms with Gasteiger partial charge in [0.1, 0.15) is 0 Å². The van der Waals surface area contributed by atoms with Crippen LogP contribution in [0.5, 0.6) is 0 Å². The molecule has 2 nitrogen and oxygen atoms in total. The van der Waals surface area contributed by atoms with Gasteiger partial charge in [-0.2, -0.15) is 0 Å². The first kappa shape index (κ1) is 10.0. The normalized spacial score (nSPS) is 31.0. The second kappa shape index (κ2) is 4.83. The average Bonchev–Trinajstić information content (AvgIpc) is 2.05. The topological polar surface area (TPSA) is 15.3 Å². The maximum absolute atomic E-state index is 3.48. The molecule has 2 heteroatoms. The molecule has 0 aromatic rings. The Hall–Kier alpha value is -0.0800. The molecule has 0 amide bonds. The van der Waals surface area contributed by atoms with Gasteiger partial charge in [0.05, 0.1) is 0 Å². The van der Waals surface area contributed by atoms with E-state index in [1.54, 1.807) is 0 Å². The molecule has 1 heterocycles. The largest absolute Gasteiger partial charge is 0.316 e. The van der Waals surface area contributed by atoms with E-state index in [9.17, 15) is 0 Å². The Morgan fingerprint density at radius 3 is 2.75 bits per heavy atom. The van der Waals surface area contributed by atoms with Crippen LogP contribution in [0.3, 0.4) is 0 Å². The molecule has 1 saturated heterocycles. The molecular formula is C10H22N2. The molecule has 2 atom stereocenters. The second-order valence-electron chi connectivity index (χ2n) is 4.07. The molecule has 1 aliphatic heterocycles. The summed E-state index contributed by atoms with van der Waals surface area (Å²) in [6.07, 6.45) is 4.00. The summed E-state index contributed by atoms with van der Waals surface area (Å²) < 4.78 is 0. The first-order valence-corrected chi connectivity index (χ1v) is 5.12. The lowest BCUT2D eigenvalue weighted by atomic mass is 9.89. The zero-order valence-electron chi connectivity index (χ0n) is 8.64. The number of piperidine rings is 1. The van der Waals surface area contributed by atoms with Gasteiger partial charge in [-0.05, 0) is 45.9 Å². The van der Waals surface area contributed by atoms with Crippen molar-refractivity contribution in [2.24, 2.45) is 5.92 Å². The fraction of sp³-hybridized carbons (Fsp3) is 1.00. The summed E-state index contributed by atoms with van der Waals surface area (Å²) in [6.45, 7) is 4.70. The first-order valence-electron chi connectivity index (χ1n) is 5.12. The highest BCUT2D eigenvalue weighted by atomic mass is 15.1. The monoisotopic (exact) mass is 170 g/mol. The van der Waals surface area contributed by atoms with E-state index in [0.717, 1.165) is 12.0 Å². The Balaban J connectivity index is 2.42. The van der Waals surface area contributed by atoms with Crippen molar-refractivity contribution in [2.45, 2.75) is 32.2 Å². The number of hydrogen-bond acceptors (Lipinski definition) is 2. The molecule has 12 heavy (non-hydrogen) atoms. The van der Waals surface area contributed by atoms with Crippen molar-refractivity contribution < 1.29 is 0 Å². The van der Waals surface area contributed by atoms with Crippen LogP contribution in [0.15, 0.2) is 0 Å². The second-order valence-corrected chi connectivity index (χ2v) is 4.07. The predicted octanol–water partition coefficient (Wildman–Crippen LogP) is 1.33. The van der Waals surface area contributed by atoms with Gasteiger partial charge in [-0.15, -0.1) is 0 Å². The third kappa shape index (κ3) is 2.46. The number of hydrogen-bond donors (Lipinski definition) is 1. The fourth-order valence-corrected chi connectivity index (χ4v) is 2.25. The van der Waals surface area contributed by atoms with Gasteiger partial charge in [-0.25, -0.2) is 0 Å². The van der Waals surface area contributed by atoms with Gasteiger partial charge >= 0.3 is 0 Å². The van der Waals surface area contributed by atoms with Gasteiger partial charge in [0.15, 0.2) is 0 Å². The van der Waals surface area contributed by atoms with Gasteiger partial charge in [0.2, 0.25) is 0 Å². The molecule has 0 saturated carbocycles. The number of rotatable bonds is 3. The Bertz CT molecular complexity index is 121. The Kier molecular flexibility index (Phi) is 4.02. The van der Waals surface area contributed by atoms with Crippen molar-refractivity contribution in [3.63, 3.8) is 0 Å². The smallest absolute Gasteiger partial charge is 0.0142 e. The van der Waals surface area contributed by atoms with Gasteiger partial charge in [0.25, 0.3) is 0 Å². The van der Waals surface area contributed by atoms with E-state index < -0.39 is 0 Å². The molecule has 0 aromatic heterocycles. The van der Waals surface area contributed by atoms with E-state index in [1.807, 2.05) is 0 Å². The van der Waals surface area contributed by atoms with E-state index in [2.05, 4.69) is 31.2 Å². The van der Waals surface area contributed by atoms with Crippen molar-refractivity contribution in [1.82, 2.24) is 10.2 Å². The van der Waals surface area contributed by atoms with Crippen LogP contribution >= 0.6 is 0 Å². The van der Waals surface area contributed by atoms with Gasteiger partial charge in [0, 0.05) is 6.04 Å². The van der Waals surface area contributed by atoms with Gasteiger partial charge in [-0.1, -0.05) is 13.3 Å². The Labute approximate surface area is 76.3 Å². The first-order chi connectivity index (χ1) is 5.75. The molecule has 1 fully saturated rings. The molecule has 0 radical (unpaired) electrons. The van der Waals surface area contributed by atoms with Crippen molar-refractivity contribution in [3.05, 3.63) is 0 Å².